The fraction of sp³-hybridized carbons (Fsp3) is 0.667. The molecule has 0 aromatic carbocycles. The summed E-state index contributed by atoms with van der Waals surface area (Å²) in [6.45, 7) is 8.44. The lowest BCUT2D eigenvalue weighted by molar-refractivity contribution is -0.116. The van der Waals surface area contributed by atoms with Gasteiger partial charge in [-0.2, -0.15) is 0 Å². The van der Waals surface area contributed by atoms with E-state index < -0.39 is 0 Å². The van der Waals surface area contributed by atoms with E-state index in [-0.39, 0.29) is 5.41 Å². The van der Waals surface area contributed by atoms with Crippen molar-refractivity contribution in [1.82, 2.24) is 0 Å². The van der Waals surface area contributed by atoms with E-state index in [1.54, 1.807) is 0 Å². The van der Waals surface area contributed by atoms with Gasteiger partial charge in [-0.3, -0.25) is 0 Å². The quantitative estimate of drug-likeness (QED) is 0.516. The monoisotopic (exact) mass is 218 g/mol. The molecule has 0 aromatic rings. The van der Waals surface area contributed by atoms with Gasteiger partial charge in [0.1, 0.15) is 6.29 Å². The van der Waals surface area contributed by atoms with Gasteiger partial charge < -0.3 is 4.79 Å². The largest absolute Gasteiger partial charge is 0.302 e. The van der Waals surface area contributed by atoms with Gasteiger partial charge in [0.2, 0.25) is 0 Å². The van der Waals surface area contributed by atoms with Crippen molar-refractivity contribution in [3.8, 4) is 0 Å². The average molecular weight is 218 g/mol. The lowest BCUT2D eigenvalue weighted by Gasteiger charge is -2.34. The number of allylic oxidation sites excluding steroid dienone is 3. The molecule has 1 nitrogen and oxygen atoms in total. The minimum Gasteiger partial charge on any atom is -0.302 e. The van der Waals surface area contributed by atoms with Crippen LogP contribution in [0, 0.1) is 17.3 Å². The molecule has 0 spiro atoms. The lowest BCUT2D eigenvalue weighted by atomic mass is 9.68. The van der Waals surface area contributed by atoms with Gasteiger partial charge in [0.15, 0.2) is 0 Å². The van der Waals surface area contributed by atoms with Gasteiger partial charge in [0, 0.05) is 5.41 Å². The second-order valence-electron chi connectivity index (χ2n) is 5.71. The summed E-state index contributed by atoms with van der Waals surface area (Å²) in [6, 6.07) is 0. The summed E-state index contributed by atoms with van der Waals surface area (Å²) < 4.78 is 0. The first-order valence-electron chi connectivity index (χ1n) is 6.39. The van der Waals surface area contributed by atoms with Crippen molar-refractivity contribution in [3.63, 3.8) is 0 Å². The third-order valence-electron chi connectivity index (χ3n) is 4.57. The summed E-state index contributed by atoms with van der Waals surface area (Å²) in [5.74, 6) is 1.23. The Morgan fingerprint density at radius 2 is 2.25 bits per heavy atom. The van der Waals surface area contributed by atoms with Crippen molar-refractivity contribution in [2.75, 3.05) is 0 Å². The van der Waals surface area contributed by atoms with Crippen molar-refractivity contribution in [2.24, 2.45) is 17.3 Å². The molecule has 2 rings (SSSR count). The molecule has 2 aliphatic rings. The highest BCUT2D eigenvalue weighted by molar-refractivity contribution is 5.68. The molecule has 2 bridgehead atoms. The molecule has 2 aliphatic carbocycles. The van der Waals surface area contributed by atoms with Crippen LogP contribution in [0.5, 0.6) is 0 Å². The van der Waals surface area contributed by atoms with Crippen molar-refractivity contribution in [2.45, 2.75) is 46.0 Å². The molecule has 2 fully saturated rings. The van der Waals surface area contributed by atoms with Crippen LogP contribution in [0.15, 0.2) is 23.8 Å². The van der Waals surface area contributed by atoms with Gasteiger partial charge in [-0.1, -0.05) is 23.8 Å². The molecule has 0 N–H and O–H groups in total. The van der Waals surface area contributed by atoms with Crippen LogP contribution in [-0.4, -0.2) is 6.29 Å². The third-order valence-corrected chi connectivity index (χ3v) is 4.57. The van der Waals surface area contributed by atoms with E-state index in [0.29, 0.717) is 11.8 Å². The molecule has 2 saturated carbocycles. The SMILES string of the molecule is C=C1[C@@H]2CC[C@@H](C2)[C@]1(C=O)CCC=C(C)C. The van der Waals surface area contributed by atoms with Crippen molar-refractivity contribution >= 4 is 6.29 Å². The first-order valence-corrected chi connectivity index (χ1v) is 6.39. The molecule has 0 saturated heterocycles. The van der Waals surface area contributed by atoms with Crippen molar-refractivity contribution < 1.29 is 4.79 Å². The number of hydrogen-bond acceptors (Lipinski definition) is 1. The summed E-state index contributed by atoms with van der Waals surface area (Å²) in [4.78, 5) is 11.5. The molecule has 16 heavy (non-hydrogen) atoms. The van der Waals surface area contributed by atoms with E-state index in [2.05, 4.69) is 26.5 Å². The maximum absolute atomic E-state index is 11.5. The first-order chi connectivity index (χ1) is 7.60. The smallest absolute Gasteiger partial charge is 0.130 e. The zero-order valence-electron chi connectivity index (χ0n) is 10.5. The number of rotatable bonds is 4. The highest BCUT2D eigenvalue weighted by Gasteiger charge is 2.53. The molecule has 0 unspecified atom stereocenters. The minimum atomic E-state index is -0.172. The van der Waals surface area contributed by atoms with E-state index in [0.717, 1.165) is 12.8 Å². The van der Waals surface area contributed by atoms with Crippen LogP contribution in [0.1, 0.15) is 46.0 Å². The van der Waals surface area contributed by atoms with Gasteiger partial charge >= 0.3 is 0 Å². The number of aldehydes is 1. The molecule has 1 heteroatoms. The van der Waals surface area contributed by atoms with Crippen molar-refractivity contribution in [3.05, 3.63) is 23.8 Å². The van der Waals surface area contributed by atoms with Crippen LogP contribution < -0.4 is 0 Å². The third kappa shape index (κ3) is 1.66. The molecular weight excluding hydrogens is 196 g/mol. The number of fused-ring (bicyclic) bond motifs is 2. The van der Waals surface area contributed by atoms with Gasteiger partial charge in [0.25, 0.3) is 0 Å². The van der Waals surface area contributed by atoms with Gasteiger partial charge in [0.05, 0.1) is 0 Å². The molecule has 0 heterocycles. The van der Waals surface area contributed by atoms with Gasteiger partial charge in [-0.15, -0.1) is 0 Å². The van der Waals surface area contributed by atoms with Crippen LogP contribution in [0.3, 0.4) is 0 Å². The van der Waals surface area contributed by atoms with Crippen LogP contribution in [0.25, 0.3) is 0 Å². The number of hydrogen-bond donors (Lipinski definition) is 0. The van der Waals surface area contributed by atoms with E-state index in [1.807, 2.05) is 0 Å². The Balaban J connectivity index is 2.11. The molecule has 0 amide bonds. The molecule has 88 valence electrons. The summed E-state index contributed by atoms with van der Waals surface area (Å²) in [7, 11) is 0. The Hall–Kier alpha value is -0.850. The summed E-state index contributed by atoms with van der Waals surface area (Å²) in [5.41, 5.74) is 2.41. The highest BCUT2D eigenvalue weighted by Crippen LogP contribution is 2.59. The second-order valence-corrected chi connectivity index (χ2v) is 5.71. The zero-order chi connectivity index (χ0) is 11.8. The van der Waals surface area contributed by atoms with Crippen molar-refractivity contribution in [1.29, 1.82) is 0 Å². The Morgan fingerprint density at radius 3 is 2.75 bits per heavy atom. The second kappa shape index (κ2) is 4.20. The maximum Gasteiger partial charge on any atom is 0.130 e. The minimum absolute atomic E-state index is 0.172. The van der Waals surface area contributed by atoms with Crippen LogP contribution in [0.4, 0.5) is 0 Å². The van der Waals surface area contributed by atoms with E-state index in [1.165, 1.54) is 36.7 Å². The fourth-order valence-corrected chi connectivity index (χ4v) is 3.60. The molecular formula is C15H22O. The van der Waals surface area contributed by atoms with Gasteiger partial charge in [-0.05, 0) is 57.8 Å². The maximum atomic E-state index is 11.5. The first kappa shape index (κ1) is 11.6. The predicted molar refractivity (Wildman–Crippen MR) is 67.1 cm³/mol. The molecule has 3 atom stereocenters. The lowest BCUT2D eigenvalue weighted by Crippen LogP contribution is -2.31. The molecule has 0 aromatic heterocycles. The van der Waals surface area contributed by atoms with Crippen LogP contribution in [-0.2, 0) is 4.79 Å². The van der Waals surface area contributed by atoms with Crippen LogP contribution >= 0.6 is 0 Å². The highest BCUT2D eigenvalue weighted by atomic mass is 16.1. The van der Waals surface area contributed by atoms with E-state index in [9.17, 15) is 4.79 Å². The molecule has 0 aliphatic heterocycles. The average Bonchev–Trinajstić information content (AvgIpc) is 2.80. The summed E-state index contributed by atoms with van der Waals surface area (Å²) in [6.07, 6.45) is 9.15. The number of carbonyl (C=O) groups is 1. The summed E-state index contributed by atoms with van der Waals surface area (Å²) in [5, 5.41) is 0. The molecule has 0 radical (unpaired) electrons. The standard InChI is InChI=1S/C15H22O/c1-11(2)5-4-8-15(10-16)12(3)13-6-7-14(15)9-13/h5,10,13-14H,3-4,6-9H2,1-2H3/t13-,14+,15+/m1/s1. The Kier molecular flexibility index (Phi) is 3.05. The van der Waals surface area contributed by atoms with E-state index >= 15 is 0 Å². The Labute approximate surface area is 98.6 Å². The zero-order valence-corrected chi connectivity index (χ0v) is 10.5. The van der Waals surface area contributed by atoms with E-state index in [4.69, 9.17) is 0 Å². The topological polar surface area (TPSA) is 17.1 Å². The van der Waals surface area contributed by atoms with Gasteiger partial charge in [-0.25, -0.2) is 0 Å². The predicted octanol–water partition coefficient (Wildman–Crippen LogP) is 3.90. The number of carbonyl (C=O) groups excluding carboxylic acids is 1. The normalized spacial score (nSPS) is 36.5. The van der Waals surface area contributed by atoms with Crippen LogP contribution in [0.2, 0.25) is 0 Å². The fourth-order valence-electron chi connectivity index (χ4n) is 3.60. The summed E-state index contributed by atoms with van der Waals surface area (Å²) >= 11 is 0. The Bertz CT molecular complexity index is 335. The Morgan fingerprint density at radius 1 is 1.50 bits per heavy atom.